The predicted octanol–water partition coefficient (Wildman–Crippen LogP) is 2.38. The van der Waals surface area contributed by atoms with Crippen LogP contribution in [0.25, 0.3) is 0 Å². The molecular formula is C19H26N2O4. The van der Waals surface area contributed by atoms with Gasteiger partial charge in [-0.1, -0.05) is 0 Å². The molecular weight excluding hydrogens is 320 g/mol. The zero-order chi connectivity index (χ0) is 17.8. The van der Waals surface area contributed by atoms with E-state index in [9.17, 15) is 14.7 Å². The molecule has 4 bridgehead atoms. The van der Waals surface area contributed by atoms with Crippen LogP contribution in [0, 0.1) is 31.1 Å². The van der Waals surface area contributed by atoms with Crippen molar-refractivity contribution in [2.45, 2.75) is 64.4 Å². The van der Waals surface area contributed by atoms with Crippen LogP contribution >= 0.6 is 0 Å². The van der Waals surface area contributed by atoms with Gasteiger partial charge in [-0.2, -0.15) is 0 Å². The molecule has 4 saturated carbocycles. The van der Waals surface area contributed by atoms with E-state index in [1.807, 2.05) is 0 Å². The molecule has 6 heteroatoms. The number of nitrogens with one attached hydrogen (secondary N) is 2. The van der Waals surface area contributed by atoms with Crippen molar-refractivity contribution in [3.63, 3.8) is 0 Å². The number of rotatable bonds is 3. The van der Waals surface area contributed by atoms with Gasteiger partial charge in [-0.3, -0.25) is 20.4 Å². The number of hydrogen-bond acceptors (Lipinski definition) is 4. The van der Waals surface area contributed by atoms with Crippen molar-refractivity contribution in [2.75, 3.05) is 0 Å². The van der Waals surface area contributed by atoms with Gasteiger partial charge in [-0.05, 0) is 75.7 Å². The monoisotopic (exact) mass is 346 g/mol. The summed E-state index contributed by atoms with van der Waals surface area (Å²) in [4.78, 5) is 24.6. The molecule has 3 N–H and O–H groups in total. The van der Waals surface area contributed by atoms with E-state index in [1.165, 1.54) is 6.42 Å². The molecule has 4 atom stereocenters. The fraction of sp³-hybridized carbons (Fsp3) is 0.684. The second kappa shape index (κ2) is 5.59. The molecule has 4 fully saturated rings. The van der Waals surface area contributed by atoms with E-state index >= 15 is 0 Å². The molecule has 0 aromatic carbocycles. The maximum atomic E-state index is 12.4. The summed E-state index contributed by atoms with van der Waals surface area (Å²) in [5.41, 5.74) is 4.79. The molecule has 0 radical (unpaired) electrons. The van der Waals surface area contributed by atoms with Crippen LogP contribution < -0.4 is 10.9 Å². The number of carbonyl (C=O) groups excluding carboxylic acids is 2. The van der Waals surface area contributed by atoms with Crippen LogP contribution in [0.15, 0.2) is 10.5 Å². The molecule has 0 spiro atoms. The highest BCUT2D eigenvalue weighted by Gasteiger charge is 2.57. The van der Waals surface area contributed by atoms with Crippen LogP contribution in [0.4, 0.5) is 0 Å². The SMILES string of the molecule is Cc1cc(C(=O)NNC(=O)CC23C[C@@H]4C[C@@H](CC(O)(C4)C2)C3)c(C)o1. The smallest absolute Gasteiger partial charge is 0.273 e. The molecule has 1 aromatic heterocycles. The lowest BCUT2D eigenvalue weighted by Crippen LogP contribution is -2.57. The maximum Gasteiger partial charge on any atom is 0.273 e. The molecule has 5 rings (SSSR count). The molecule has 0 saturated heterocycles. The molecule has 6 nitrogen and oxygen atoms in total. The van der Waals surface area contributed by atoms with Crippen LogP contribution in [0.1, 0.15) is 66.8 Å². The Kier molecular flexibility index (Phi) is 3.72. The zero-order valence-electron chi connectivity index (χ0n) is 14.9. The van der Waals surface area contributed by atoms with Crippen LogP contribution in [0.2, 0.25) is 0 Å². The molecule has 2 unspecified atom stereocenters. The Balaban J connectivity index is 1.36. The van der Waals surface area contributed by atoms with Gasteiger partial charge < -0.3 is 9.52 Å². The van der Waals surface area contributed by atoms with Gasteiger partial charge in [-0.15, -0.1) is 0 Å². The molecule has 1 heterocycles. The second-order valence-corrected chi connectivity index (χ2v) is 8.69. The number of aliphatic hydroxyl groups is 1. The largest absolute Gasteiger partial charge is 0.466 e. The minimum Gasteiger partial charge on any atom is -0.466 e. The lowest BCUT2D eigenvalue weighted by atomic mass is 9.47. The number of carbonyl (C=O) groups is 2. The summed E-state index contributed by atoms with van der Waals surface area (Å²) in [6.07, 6.45) is 6.10. The van der Waals surface area contributed by atoms with Crippen molar-refractivity contribution in [1.82, 2.24) is 10.9 Å². The van der Waals surface area contributed by atoms with Gasteiger partial charge in [-0.25, -0.2) is 0 Å². The second-order valence-electron chi connectivity index (χ2n) is 8.69. The predicted molar refractivity (Wildman–Crippen MR) is 90.5 cm³/mol. The fourth-order valence-electron chi connectivity index (χ4n) is 6.04. The first-order valence-electron chi connectivity index (χ1n) is 9.15. The third-order valence-corrected chi connectivity index (χ3v) is 6.29. The standard InChI is InChI=1S/C19H26N2O4/c1-11-3-15(12(2)25-11)17(23)21-20-16(22)9-18-5-13-4-14(6-18)8-19(24,7-13)10-18/h3,13-14,24H,4-10H2,1-2H3,(H,20,22)(H,21,23)/t13-,14+,18?,19?. The molecule has 1 aromatic rings. The van der Waals surface area contributed by atoms with E-state index < -0.39 is 5.60 Å². The zero-order valence-corrected chi connectivity index (χ0v) is 14.9. The van der Waals surface area contributed by atoms with Crippen molar-refractivity contribution in [1.29, 1.82) is 0 Å². The topological polar surface area (TPSA) is 91.6 Å². The molecule has 4 aliphatic carbocycles. The summed E-state index contributed by atoms with van der Waals surface area (Å²) in [6, 6.07) is 1.66. The highest BCUT2D eigenvalue weighted by Crippen LogP contribution is 2.62. The first-order valence-corrected chi connectivity index (χ1v) is 9.15. The van der Waals surface area contributed by atoms with Gasteiger partial charge in [0, 0.05) is 6.42 Å². The minimum absolute atomic E-state index is 0.101. The molecule has 25 heavy (non-hydrogen) atoms. The van der Waals surface area contributed by atoms with Crippen LogP contribution in [0.5, 0.6) is 0 Å². The number of hydrazine groups is 1. The van der Waals surface area contributed by atoms with Gasteiger partial charge in [0.1, 0.15) is 11.5 Å². The van der Waals surface area contributed by atoms with Crippen LogP contribution in [-0.2, 0) is 4.79 Å². The first kappa shape index (κ1) is 16.6. The Morgan fingerprint density at radius 2 is 1.88 bits per heavy atom. The van der Waals surface area contributed by atoms with E-state index in [0.29, 0.717) is 41.8 Å². The van der Waals surface area contributed by atoms with E-state index in [-0.39, 0.29) is 17.2 Å². The Morgan fingerprint density at radius 3 is 2.44 bits per heavy atom. The number of amides is 2. The lowest BCUT2D eigenvalue weighted by Gasteiger charge is -2.60. The van der Waals surface area contributed by atoms with E-state index in [2.05, 4.69) is 10.9 Å². The van der Waals surface area contributed by atoms with E-state index in [1.54, 1.807) is 19.9 Å². The summed E-state index contributed by atoms with van der Waals surface area (Å²) in [6.45, 7) is 3.50. The van der Waals surface area contributed by atoms with Gasteiger partial charge >= 0.3 is 0 Å². The van der Waals surface area contributed by atoms with Crippen molar-refractivity contribution in [3.8, 4) is 0 Å². The van der Waals surface area contributed by atoms with Gasteiger partial charge in [0.2, 0.25) is 5.91 Å². The molecule has 2 amide bonds. The highest BCUT2D eigenvalue weighted by atomic mass is 16.3. The normalized spacial score (nSPS) is 35.6. The van der Waals surface area contributed by atoms with E-state index in [4.69, 9.17) is 4.42 Å². The lowest BCUT2D eigenvalue weighted by molar-refractivity contribution is -0.169. The summed E-state index contributed by atoms with van der Waals surface area (Å²) in [5, 5.41) is 10.8. The van der Waals surface area contributed by atoms with Crippen molar-refractivity contribution >= 4 is 11.8 Å². The first-order chi connectivity index (χ1) is 11.8. The third kappa shape index (κ3) is 3.08. The molecule has 136 valence electrons. The summed E-state index contributed by atoms with van der Waals surface area (Å²) >= 11 is 0. The Hall–Kier alpha value is -1.82. The highest BCUT2D eigenvalue weighted by molar-refractivity contribution is 5.96. The average molecular weight is 346 g/mol. The molecule has 0 aliphatic heterocycles. The Morgan fingerprint density at radius 1 is 1.20 bits per heavy atom. The summed E-state index contributed by atoms with van der Waals surface area (Å²) in [7, 11) is 0. The third-order valence-electron chi connectivity index (χ3n) is 6.29. The van der Waals surface area contributed by atoms with Crippen molar-refractivity contribution in [2.24, 2.45) is 17.3 Å². The van der Waals surface area contributed by atoms with Gasteiger partial charge in [0.25, 0.3) is 5.91 Å². The Labute approximate surface area is 147 Å². The van der Waals surface area contributed by atoms with E-state index in [0.717, 1.165) is 25.7 Å². The van der Waals surface area contributed by atoms with Crippen LogP contribution in [-0.4, -0.2) is 22.5 Å². The van der Waals surface area contributed by atoms with Crippen LogP contribution in [0.3, 0.4) is 0 Å². The summed E-state index contributed by atoms with van der Waals surface area (Å²) < 4.78 is 5.34. The quantitative estimate of drug-likeness (QED) is 0.733. The molecule has 4 aliphatic rings. The fourth-order valence-corrected chi connectivity index (χ4v) is 6.04. The number of furan rings is 1. The Bertz CT molecular complexity index is 709. The van der Waals surface area contributed by atoms with Crippen molar-refractivity contribution < 1.29 is 19.1 Å². The van der Waals surface area contributed by atoms with Gasteiger partial charge in [0.15, 0.2) is 0 Å². The minimum atomic E-state index is -0.570. The van der Waals surface area contributed by atoms with Crippen molar-refractivity contribution in [3.05, 3.63) is 23.2 Å². The van der Waals surface area contributed by atoms with Gasteiger partial charge in [0.05, 0.1) is 11.2 Å². The maximum absolute atomic E-state index is 12.4. The summed E-state index contributed by atoms with van der Waals surface area (Å²) in [5.74, 6) is 1.74. The number of aryl methyl sites for hydroxylation is 2. The average Bonchev–Trinajstić information content (AvgIpc) is 2.80. The number of hydrogen-bond donors (Lipinski definition) is 3.